The molecule has 0 spiro atoms. The van der Waals surface area contributed by atoms with Gasteiger partial charge in [0.15, 0.2) is 0 Å². The molecule has 1 aromatic rings. The molecule has 0 aliphatic heterocycles. The monoisotopic (exact) mass is 221 g/mol. The van der Waals surface area contributed by atoms with Gasteiger partial charge in [0.05, 0.1) is 12.6 Å². The second-order valence-corrected chi connectivity index (χ2v) is 4.11. The topological polar surface area (TPSA) is 54.0 Å². The molecule has 0 unspecified atom stereocenters. The predicted octanol–water partition coefficient (Wildman–Crippen LogP) is 1.26. The van der Waals surface area contributed by atoms with E-state index in [4.69, 9.17) is 0 Å². The zero-order chi connectivity index (χ0) is 12.0. The van der Waals surface area contributed by atoms with Gasteiger partial charge in [0, 0.05) is 18.4 Å². The van der Waals surface area contributed by atoms with Crippen molar-refractivity contribution in [1.82, 2.24) is 15.6 Å². The molecule has 0 bridgehead atoms. The average molecular weight is 221 g/mol. The van der Waals surface area contributed by atoms with Crippen LogP contribution in [0.3, 0.4) is 0 Å². The maximum absolute atomic E-state index is 11.5. The predicted molar refractivity (Wildman–Crippen MR) is 63.9 cm³/mol. The summed E-state index contributed by atoms with van der Waals surface area (Å²) in [4.78, 5) is 15.5. The molecule has 0 fully saturated rings. The quantitative estimate of drug-likeness (QED) is 0.787. The third kappa shape index (κ3) is 4.40. The lowest BCUT2D eigenvalue weighted by atomic mass is 10.1. The highest BCUT2D eigenvalue weighted by Crippen LogP contribution is 2.09. The van der Waals surface area contributed by atoms with Crippen molar-refractivity contribution in [2.24, 2.45) is 0 Å². The van der Waals surface area contributed by atoms with Crippen molar-refractivity contribution in [3.8, 4) is 0 Å². The minimum Gasteiger partial charge on any atom is -0.348 e. The SMILES string of the molecule is CC(C)NCC(=O)N[C@H](C)c1ccncc1. The van der Waals surface area contributed by atoms with Crippen molar-refractivity contribution < 1.29 is 4.79 Å². The zero-order valence-corrected chi connectivity index (χ0v) is 10.0. The van der Waals surface area contributed by atoms with Crippen molar-refractivity contribution in [2.75, 3.05) is 6.54 Å². The molecule has 1 rings (SSSR count). The number of pyridine rings is 1. The van der Waals surface area contributed by atoms with E-state index in [1.807, 2.05) is 32.9 Å². The van der Waals surface area contributed by atoms with E-state index >= 15 is 0 Å². The molecule has 1 heterocycles. The van der Waals surface area contributed by atoms with Gasteiger partial charge in [-0.15, -0.1) is 0 Å². The summed E-state index contributed by atoms with van der Waals surface area (Å²) in [5.41, 5.74) is 1.06. The number of carbonyl (C=O) groups is 1. The third-order valence-corrected chi connectivity index (χ3v) is 2.25. The highest BCUT2D eigenvalue weighted by molar-refractivity contribution is 5.78. The Labute approximate surface area is 96.5 Å². The van der Waals surface area contributed by atoms with E-state index in [1.54, 1.807) is 12.4 Å². The Bertz CT molecular complexity index is 324. The number of nitrogens with one attached hydrogen (secondary N) is 2. The highest BCUT2D eigenvalue weighted by atomic mass is 16.1. The number of hydrogen-bond acceptors (Lipinski definition) is 3. The second kappa shape index (κ2) is 6.23. The molecule has 1 atom stereocenters. The van der Waals surface area contributed by atoms with Crippen LogP contribution in [0.25, 0.3) is 0 Å². The molecule has 0 saturated heterocycles. The van der Waals surface area contributed by atoms with E-state index in [9.17, 15) is 4.79 Å². The molecule has 1 amide bonds. The summed E-state index contributed by atoms with van der Waals surface area (Å²) < 4.78 is 0. The first-order chi connectivity index (χ1) is 7.59. The Morgan fingerprint density at radius 2 is 1.94 bits per heavy atom. The molecule has 88 valence electrons. The fourth-order valence-corrected chi connectivity index (χ4v) is 1.32. The fraction of sp³-hybridized carbons (Fsp3) is 0.500. The maximum Gasteiger partial charge on any atom is 0.234 e. The minimum absolute atomic E-state index is 0.0120. The molecular weight excluding hydrogens is 202 g/mol. The van der Waals surface area contributed by atoms with Gasteiger partial charge >= 0.3 is 0 Å². The van der Waals surface area contributed by atoms with E-state index in [0.29, 0.717) is 12.6 Å². The summed E-state index contributed by atoms with van der Waals surface area (Å²) >= 11 is 0. The first-order valence-electron chi connectivity index (χ1n) is 5.52. The number of aromatic nitrogens is 1. The van der Waals surface area contributed by atoms with Gasteiger partial charge in [-0.05, 0) is 24.6 Å². The van der Waals surface area contributed by atoms with Crippen LogP contribution in [0, 0.1) is 0 Å². The Balaban J connectivity index is 2.40. The van der Waals surface area contributed by atoms with Crippen LogP contribution in [0.2, 0.25) is 0 Å². The molecule has 1 aromatic heterocycles. The van der Waals surface area contributed by atoms with E-state index in [0.717, 1.165) is 5.56 Å². The van der Waals surface area contributed by atoms with Crippen LogP contribution in [0.1, 0.15) is 32.4 Å². The average Bonchev–Trinajstić information content (AvgIpc) is 2.27. The minimum atomic E-state index is 0.0120. The van der Waals surface area contributed by atoms with Crippen LogP contribution in [-0.4, -0.2) is 23.5 Å². The summed E-state index contributed by atoms with van der Waals surface area (Å²) in [6, 6.07) is 4.15. The summed E-state index contributed by atoms with van der Waals surface area (Å²) in [5.74, 6) is 0.0120. The molecular formula is C12H19N3O. The summed E-state index contributed by atoms with van der Waals surface area (Å²) in [5, 5.41) is 6.00. The molecule has 2 N–H and O–H groups in total. The Kier molecular flexibility index (Phi) is 4.92. The van der Waals surface area contributed by atoms with Crippen molar-refractivity contribution in [3.63, 3.8) is 0 Å². The van der Waals surface area contributed by atoms with Crippen molar-refractivity contribution in [2.45, 2.75) is 32.9 Å². The fourth-order valence-electron chi connectivity index (χ4n) is 1.32. The molecule has 0 aliphatic rings. The second-order valence-electron chi connectivity index (χ2n) is 4.11. The van der Waals surface area contributed by atoms with Gasteiger partial charge in [-0.2, -0.15) is 0 Å². The number of carbonyl (C=O) groups excluding carboxylic acids is 1. The summed E-state index contributed by atoms with van der Waals surface area (Å²) in [6.07, 6.45) is 3.45. The molecule has 0 radical (unpaired) electrons. The van der Waals surface area contributed by atoms with Crippen LogP contribution in [0.5, 0.6) is 0 Å². The first kappa shape index (κ1) is 12.6. The van der Waals surface area contributed by atoms with Gasteiger partial charge in [-0.25, -0.2) is 0 Å². The van der Waals surface area contributed by atoms with Crippen molar-refractivity contribution >= 4 is 5.91 Å². The summed E-state index contributed by atoms with van der Waals surface area (Å²) in [7, 11) is 0. The molecule has 0 aromatic carbocycles. The lowest BCUT2D eigenvalue weighted by Gasteiger charge is -2.15. The van der Waals surface area contributed by atoms with Gasteiger partial charge in [0.1, 0.15) is 0 Å². The number of amides is 1. The molecule has 16 heavy (non-hydrogen) atoms. The molecule has 0 saturated carbocycles. The van der Waals surface area contributed by atoms with Crippen LogP contribution >= 0.6 is 0 Å². The van der Waals surface area contributed by atoms with Gasteiger partial charge in [0.2, 0.25) is 5.91 Å². The van der Waals surface area contributed by atoms with Gasteiger partial charge in [-0.3, -0.25) is 9.78 Å². The maximum atomic E-state index is 11.5. The molecule has 0 aliphatic carbocycles. The first-order valence-corrected chi connectivity index (χ1v) is 5.52. The molecule has 4 nitrogen and oxygen atoms in total. The lowest BCUT2D eigenvalue weighted by molar-refractivity contribution is -0.121. The zero-order valence-electron chi connectivity index (χ0n) is 10.0. The van der Waals surface area contributed by atoms with E-state index in [2.05, 4.69) is 15.6 Å². The van der Waals surface area contributed by atoms with Gasteiger partial charge < -0.3 is 10.6 Å². The normalized spacial score (nSPS) is 12.5. The van der Waals surface area contributed by atoms with Gasteiger partial charge in [0.25, 0.3) is 0 Å². The van der Waals surface area contributed by atoms with E-state index < -0.39 is 0 Å². The van der Waals surface area contributed by atoms with Crippen molar-refractivity contribution in [1.29, 1.82) is 0 Å². The lowest BCUT2D eigenvalue weighted by Crippen LogP contribution is -2.37. The van der Waals surface area contributed by atoms with Gasteiger partial charge in [-0.1, -0.05) is 13.8 Å². The van der Waals surface area contributed by atoms with Crippen LogP contribution < -0.4 is 10.6 Å². The molecule has 4 heteroatoms. The Morgan fingerprint density at radius 3 is 2.50 bits per heavy atom. The van der Waals surface area contributed by atoms with E-state index in [-0.39, 0.29) is 11.9 Å². The number of hydrogen-bond donors (Lipinski definition) is 2. The van der Waals surface area contributed by atoms with Crippen LogP contribution in [0.15, 0.2) is 24.5 Å². The van der Waals surface area contributed by atoms with E-state index in [1.165, 1.54) is 0 Å². The number of rotatable bonds is 5. The Morgan fingerprint density at radius 1 is 1.31 bits per heavy atom. The highest BCUT2D eigenvalue weighted by Gasteiger charge is 2.08. The van der Waals surface area contributed by atoms with Crippen molar-refractivity contribution in [3.05, 3.63) is 30.1 Å². The smallest absolute Gasteiger partial charge is 0.234 e. The number of nitrogens with zero attached hydrogens (tertiary/aromatic N) is 1. The summed E-state index contributed by atoms with van der Waals surface area (Å²) in [6.45, 7) is 6.34. The Hall–Kier alpha value is -1.42. The van der Waals surface area contributed by atoms with Crippen LogP contribution in [0.4, 0.5) is 0 Å². The largest absolute Gasteiger partial charge is 0.348 e. The third-order valence-electron chi connectivity index (χ3n) is 2.25. The standard InChI is InChI=1S/C12H19N3O/c1-9(2)14-8-12(16)15-10(3)11-4-6-13-7-5-11/h4-7,9-10,14H,8H2,1-3H3,(H,15,16)/t10-/m1/s1. The van der Waals surface area contributed by atoms with Crippen LogP contribution in [-0.2, 0) is 4.79 Å².